The first kappa shape index (κ1) is 15.3. The second-order valence-electron chi connectivity index (χ2n) is 5.94. The molecule has 0 saturated heterocycles. The van der Waals surface area contributed by atoms with Crippen molar-refractivity contribution in [2.24, 2.45) is 0 Å². The van der Waals surface area contributed by atoms with Crippen LogP contribution >= 0.6 is 0 Å². The summed E-state index contributed by atoms with van der Waals surface area (Å²) in [7, 11) is 0. The molecule has 120 valence electrons. The molecular weight excluding hydrogens is 304 g/mol. The van der Waals surface area contributed by atoms with Crippen LogP contribution in [0.4, 0.5) is 0 Å². The average molecular weight is 322 g/mol. The minimum Gasteiger partial charge on any atom is -0.233 e. The van der Waals surface area contributed by atoms with Gasteiger partial charge >= 0.3 is 0 Å². The zero-order valence-electron chi connectivity index (χ0n) is 14.1. The highest BCUT2D eigenvalue weighted by Crippen LogP contribution is 2.37. The monoisotopic (exact) mass is 322 g/mol. The van der Waals surface area contributed by atoms with Gasteiger partial charge in [0.15, 0.2) is 0 Å². The van der Waals surface area contributed by atoms with Gasteiger partial charge in [-0.2, -0.15) is 0 Å². The maximum atomic E-state index is 4.79. The van der Waals surface area contributed by atoms with Crippen molar-refractivity contribution < 1.29 is 0 Å². The van der Waals surface area contributed by atoms with Crippen LogP contribution in [0.1, 0.15) is 5.82 Å². The molecule has 4 aromatic rings. The number of rotatable bonds is 3. The fourth-order valence-corrected chi connectivity index (χ4v) is 3.06. The average Bonchev–Trinajstić information content (AvgIpc) is 2.69. The summed E-state index contributed by atoms with van der Waals surface area (Å²) in [6.45, 7) is 1.95. The van der Waals surface area contributed by atoms with Crippen LogP contribution in [0.5, 0.6) is 0 Å². The van der Waals surface area contributed by atoms with Gasteiger partial charge in [-0.1, -0.05) is 91.0 Å². The zero-order chi connectivity index (χ0) is 17.1. The fourth-order valence-electron chi connectivity index (χ4n) is 3.06. The minimum absolute atomic E-state index is 0.775. The molecule has 0 bridgehead atoms. The Morgan fingerprint density at radius 1 is 0.480 bits per heavy atom. The summed E-state index contributed by atoms with van der Waals surface area (Å²) in [5.41, 5.74) is 6.34. The third kappa shape index (κ3) is 3.07. The van der Waals surface area contributed by atoms with Crippen LogP contribution < -0.4 is 0 Å². The maximum Gasteiger partial charge on any atom is 0.126 e. The van der Waals surface area contributed by atoms with Crippen molar-refractivity contribution in [3.8, 4) is 33.6 Å². The Bertz CT molecular complexity index is 918. The summed E-state index contributed by atoms with van der Waals surface area (Å²) in [4.78, 5) is 9.59. The molecule has 0 aliphatic carbocycles. The summed E-state index contributed by atoms with van der Waals surface area (Å²) in [6.07, 6.45) is 0. The minimum atomic E-state index is 0.775. The predicted molar refractivity (Wildman–Crippen MR) is 103 cm³/mol. The number of benzene rings is 3. The molecule has 0 radical (unpaired) electrons. The molecule has 25 heavy (non-hydrogen) atoms. The Labute approximate surface area is 147 Å². The second-order valence-corrected chi connectivity index (χ2v) is 5.94. The molecule has 0 amide bonds. The molecule has 1 heterocycles. The van der Waals surface area contributed by atoms with Gasteiger partial charge in [-0.05, 0) is 12.5 Å². The van der Waals surface area contributed by atoms with Gasteiger partial charge in [0.1, 0.15) is 5.82 Å². The van der Waals surface area contributed by atoms with E-state index in [1.54, 1.807) is 0 Å². The molecular formula is C23H18N2. The lowest BCUT2D eigenvalue weighted by Gasteiger charge is -2.15. The van der Waals surface area contributed by atoms with E-state index in [4.69, 9.17) is 9.97 Å². The Hall–Kier alpha value is -3.26. The molecule has 0 N–H and O–H groups in total. The van der Waals surface area contributed by atoms with Crippen molar-refractivity contribution in [2.75, 3.05) is 0 Å². The topological polar surface area (TPSA) is 25.8 Å². The standard InChI is InChI=1S/C23H18N2/c1-17-24-22(19-13-7-3-8-14-19)21(18-11-5-2-6-12-18)23(25-17)20-15-9-4-10-16-20/h2-16H,1H3. The molecule has 0 fully saturated rings. The first-order chi connectivity index (χ1) is 12.3. The maximum absolute atomic E-state index is 4.79. The number of aryl methyl sites for hydroxylation is 1. The zero-order valence-corrected chi connectivity index (χ0v) is 14.1. The third-order valence-electron chi connectivity index (χ3n) is 4.18. The summed E-state index contributed by atoms with van der Waals surface area (Å²) < 4.78 is 0. The van der Waals surface area contributed by atoms with Crippen molar-refractivity contribution in [3.63, 3.8) is 0 Å². The number of aromatic nitrogens is 2. The Kier molecular flexibility index (Phi) is 4.09. The van der Waals surface area contributed by atoms with Gasteiger partial charge in [-0.15, -0.1) is 0 Å². The highest BCUT2D eigenvalue weighted by Gasteiger charge is 2.17. The van der Waals surface area contributed by atoms with E-state index in [1.807, 2.05) is 49.4 Å². The van der Waals surface area contributed by atoms with Crippen LogP contribution in [-0.2, 0) is 0 Å². The number of nitrogens with zero attached hydrogens (tertiary/aromatic N) is 2. The molecule has 2 heteroatoms. The summed E-state index contributed by atoms with van der Waals surface area (Å²) in [5, 5.41) is 0. The summed E-state index contributed by atoms with van der Waals surface area (Å²) >= 11 is 0. The largest absolute Gasteiger partial charge is 0.233 e. The van der Waals surface area contributed by atoms with E-state index < -0.39 is 0 Å². The molecule has 0 saturated carbocycles. The van der Waals surface area contributed by atoms with Crippen LogP contribution in [0.15, 0.2) is 91.0 Å². The summed E-state index contributed by atoms with van der Waals surface area (Å²) in [5.74, 6) is 0.775. The van der Waals surface area contributed by atoms with Crippen molar-refractivity contribution in [2.45, 2.75) is 6.92 Å². The van der Waals surface area contributed by atoms with Crippen molar-refractivity contribution >= 4 is 0 Å². The van der Waals surface area contributed by atoms with Crippen molar-refractivity contribution in [1.29, 1.82) is 0 Å². The Balaban J connectivity index is 2.07. The van der Waals surface area contributed by atoms with Crippen molar-refractivity contribution in [1.82, 2.24) is 9.97 Å². The van der Waals surface area contributed by atoms with Crippen LogP contribution in [-0.4, -0.2) is 9.97 Å². The molecule has 0 unspecified atom stereocenters. The molecule has 3 aromatic carbocycles. The molecule has 1 aromatic heterocycles. The van der Waals surface area contributed by atoms with E-state index in [9.17, 15) is 0 Å². The fraction of sp³-hybridized carbons (Fsp3) is 0.0435. The number of hydrogen-bond donors (Lipinski definition) is 0. The second kappa shape index (κ2) is 6.70. The molecule has 2 nitrogen and oxygen atoms in total. The van der Waals surface area contributed by atoms with Gasteiger partial charge in [0.2, 0.25) is 0 Å². The van der Waals surface area contributed by atoms with Gasteiger partial charge in [0, 0.05) is 16.7 Å². The molecule has 0 aliphatic heterocycles. The highest BCUT2D eigenvalue weighted by atomic mass is 14.9. The van der Waals surface area contributed by atoms with Gasteiger partial charge in [-0.3, -0.25) is 0 Å². The molecule has 0 atom stereocenters. The quantitative estimate of drug-likeness (QED) is 0.477. The lowest BCUT2D eigenvalue weighted by Crippen LogP contribution is -2.00. The van der Waals surface area contributed by atoms with E-state index in [0.717, 1.165) is 39.5 Å². The van der Waals surface area contributed by atoms with Gasteiger partial charge in [0.05, 0.1) is 11.4 Å². The first-order valence-electron chi connectivity index (χ1n) is 8.38. The number of hydrogen-bond acceptors (Lipinski definition) is 2. The molecule has 4 rings (SSSR count). The van der Waals surface area contributed by atoms with E-state index in [1.165, 1.54) is 0 Å². The summed E-state index contributed by atoms with van der Waals surface area (Å²) in [6, 6.07) is 31.0. The van der Waals surface area contributed by atoms with E-state index in [0.29, 0.717) is 0 Å². The molecule has 0 aliphatic rings. The smallest absolute Gasteiger partial charge is 0.126 e. The highest BCUT2D eigenvalue weighted by molar-refractivity contribution is 5.90. The predicted octanol–water partition coefficient (Wildman–Crippen LogP) is 5.79. The Morgan fingerprint density at radius 3 is 1.24 bits per heavy atom. The van der Waals surface area contributed by atoms with Gasteiger partial charge in [-0.25, -0.2) is 9.97 Å². The van der Waals surface area contributed by atoms with Crippen LogP contribution in [0.2, 0.25) is 0 Å². The lowest BCUT2D eigenvalue weighted by molar-refractivity contribution is 1.07. The molecule has 0 spiro atoms. The first-order valence-corrected chi connectivity index (χ1v) is 8.38. The van der Waals surface area contributed by atoms with Crippen molar-refractivity contribution in [3.05, 3.63) is 96.8 Å². The van der Waals surface area contributed by atoms with E-state index in [-0.39, 0.29) is 0 Å². The SMILES string of the molecule is Cc1nc(-c2ccccc2)c(-c2ccccc2)c(-c2ccccc2)n1. The normalized spacial score (nSPS) is 10.6. The lowest BCUT2D eigenvalue weighted by atomic mass is 9.94. The van der Waals surface area contributed by atoms with E-state index in [2.05, 4.69) is 48.5 Å². The third-order valence-corrected chi connectivity index (χ3v) is 4.18. The Morgan fingerprint density at radius 2 is 0.840 bits per heavy atom. The van der Waals surface area contributed by atoms with E-state index >= 15 is 0 Å². The van der Waals surface area contributed by atoms with Gasteiger partial charge < -0.3 is 0 Å². The van der Waals surface area contributed by atoms with Crippen LogP contribution in [0.3, 0.4) is 0 Å². The van der Waals surface area contributed by atoms with Gasteiger partial charge in [0.25, 0.3) is 0 Å². The van der Waals surface area contributed by atoms with Crippen LogP contribution in [0.25, 0.3) is 33.6 Å². The van der Waals surface area contributed by atoms with Crippen LogP contribution in [0, 0.1) is 6.92 Å².